The quantitative estimate of drug-likeness (QED) is 0.786. The number of aromatic nitrogens is 4. The summed E-state index contributed by atoms with van der Waals surface area (Å²) < 4.78 is 2.39. The van der Waals surface area contributed by atoms with Crippen molar-refractivity contribution < 1.29 is 0 Å². The van der Waals surface area contributed by atoms with Crippen LogP contribution >= 0.6 is 0 Å². The molecule has 0 aliphatic carbocycles. The molecule has 0 atom stereocenters. The zero-order chi connectivity index (χ0) is 17.3. The second-order valence-electron chi connectivity index (χ2n) is 5.59. The molecule has 0 unspecified atom stereocenters. The third kappa shape index (κ3) is 2.58. The van der Waals surface area contributed by atoms with Crippen LogP contribution in [0.5, 0.6) is 0 Å². The fourth-order valence-corrected chi connectivity index (χ4v) is 2.53. The van der Waals surface area contributed by atoms with Crippen LogP contribution < -0.4 is 16.6 Å². The van der Waals surface area contributed by atoms with Crippen molar-refractivity contribution in [1.82, 2.24) is 19.1 Å². The van der Waals surface area contributed by atoms with Gasteiger partial charge in [-0.25, -0.2) is 14.8 Å². The molecule has 2 aromatic heterocycles. The van der Waals surface area contributed by atoms with Gasteiger partial charge in [0.15, 0.2) is 17.0 Å². The summed E-state index contributed by atoms with van der Waals surface area (Å²) in [6, 6.07) is 9.56. The molecule has 2 heterocycles. The zero-order valence-electron chi connectivity index (χ0n) is 13.9. The number of anilines is 1. The van der Waals surface area contributed by atoms with Gasteiger partial charge in [-0.05, 0) is 6.42 Å². The molecule has 0 aliphatic rings. The minimum absolute atomic E-state index is 0.181. The Labute approximate surface area is 138 Å². The summed E-state index contributed by atoms with van der Waals surface area (Å²) in [7, 11) is 3.03. The highest BCUT2D eigenvalue weighted by molar-refractivity contribution is 5.80. The molecule has 1 aromatic carbocycles. The number of rotatable bonds is 4. The molecule has 0 saturated carbocycles. The monoisotopic (exact) mass is 325 g/mol. The maximum Gasteiger partial charge on any atom is 0.332 e. The summed E-state index contributed by atoms with van der Waals surface area (Å²) in [5, 5.41) is 3.24. The summed E-state index contributed by atoms with van der Waals surface area (Å²) in [6.45, 7) is 2.77. The molecule has 0 fully saturated rings. The maximum atomic E-state index is 12.4. The van der Waals surface area contributed by atoms with Gasteiger partial charge in [-0.15, -0.1) is 0 Å². The standard InChI is InChI=1S/C17H19N5O2/c1-4-10-18-14-12(11-8-6-5-7-9-11)19-13-15(20-14)21(2)17(24)22(3)16(13)23/h5-9H,4,10H2,1-3H3,(H,18,20). The molecule has 7 heteroatoms. The lowest BCUT2D eigenvalue weighted by Crippen LogP contribution is -2.38. The largest absolute Gasteiger partial charge is 0.368 e. The molecule has 124 valence electrons. The fourth-order valence-electron chi connectivity index (χ4n) is 2.53. The van der Waals surface area contributed by atoms with Crippen LogP contribution in [-0.4, -0.2) is 25.6 Å². The Bertz CT molecular complexity index is 1010. The molecular weight excluding hydrogens is 306 g/mol. The molecule has 1 N–H and O–H groups in total. The number of fused-ring (bicyclic) bond motifs is 1. The topological polar surface area (TPSA) is 81.8 Å². The fraction of sp³-hybridized carbons (Fsp3) is 0.294. The zero-order valence-corrected chi connectivity index (χ0v) is 13.9. The summed E-state index contributed by atoms with van der Waals surface area (Å²) >= 11 is 0. The lowest BCUT2D eigenvalue weighted by molar-refractivity contribution is 0.704. The van der Waals surface area contributed by atoms with Gasteiger partial charge in [0.2, 0.25) is 0 Å². The van der Waals surface area contributed by atoms with Crippen molar-refractivity contribution in [2.45, 2.75) is 13.3 Å². The number of hydrogen-bond acceptors (Lipinski definition) is 5. The summed E-state index contributed by atoms with van der Waals surface area (Å²) in [5.74, 6) is 0.568. The molecule has 0 saturated heterocycles. The van der Waals surface area contributed by atoms with Gasteiger partial charge in [0.1, 0.15) is 5.69 Å². The van der Waals surface area contributed by atoms with Gasteiger partial charge in [-0.1, -0.05) is 37.3 Å². The molecule has 0 bridgehead atoms. The average Bonchev–Trinajstić information content (AvgIpc) is 2.63. The molecule has 0 radical (unpaired) electrons. The van der Waals surface area contributed by atoms with Gasteiger partial charge in [-0.3, -0.25) is 13.9 Å². The van der Waals surface area contributed by atoms with E-state index < -0.39 is 11.2 Å². The number of benzene rings is 1. The first-order chi connectivity index (χ1) is 11.5. The van der Waals surface area contributed by atoms with Crippen LogP contribution in [0.25, 0.3) is 22.4 Å². The number of aryl methyl sites for hydroxylation is 1. The van der Waals surface area contributed by atoms with E-state index in [2.05, 4.69) is 22.2 Å². The first-order valence-corrected chi connectivity index (χ1v) is 7.81. The third-order valence-electron chi connectivity index (χ3n) is 3.87. The van der Waals surface area contributed by atoms with Gasteiger partial charge in [0.25, 0.3) is 5.56 Å². The van der Waals surface area contributed by atoms with Gasteiger partial charge in [0.05, 0.1) is 0 Å². The minimum atomic E-state index is -0.445. The van der Waals surface area contributed by atoms with E-state index in [4.69, 9.17) is 0 Å². The van der Waals surface area contributed by atoms with Crippen molar-refractivity contribution >= 4 is 17.0 Å². The SMILES string of the molecule is CCCNc1nc2c(nc1-c1ccccc1)c(=O)n(C)c(=O)n2C. The number of hydrogen-bond donors (Lipinski definition) is 1. The first kappa shape index (κ1) is 15.9. The maximum absolute atomic E-state index is 12.4. The van der Waals surface area contributed by atoms with E-state index in [1.54, 1.807) is 7.05 Å². The molecule has 7 nitrogen and oxygen atoms in total. The minimum Gasteiger partial charge on any atom is -0.368 e. The second-order valence-corrected chi connectivity index (χ2v) is 5.59. The van der Waals surface area contributed by atoms with Gasteiger partial charge in [0, 0.05) is 26.2 Å². The van der Waals surface area contributed by atoms with Crippen molar-refractivity contribution in [3.63, 3.8) is 0 Å². The predicted molar refractivity (Wildman–Crippen MR) is 94.2 cm³/mol. The van der Waals surface area contributed by atoms with E-state index in [0.717, 1.165) is 23.1 Å². The smallest absolute Gasteiger partial charge is 0.332 e. The van der Waals surface area contributed by atoms with E-state index >= 15 is 0 Å². The molecular formula is C17H19N5O2. The highest BCUT2D eigenvalue weighted by Crippen LogP contribution is 2.25. The van der Waals surface area contributed by atoms with E-state index in [-0.39, 0.29) is 11.2 Å². The highest BCUT2D eigenvalue weighted by Gasteiger charge is 2.16. The van der Waals surface area contributed by atoms with Crippen LogP contribution in [0, 0.1) is 0 Å². The third-order valence-corrected chi connectivity index (χ3v) is 3.87. The van der Waals surface area contributed by atoms with Gasteiger partial charge < -0.3 is 5.32 Å². The Morgan fingerprint density at radius 2 is 1.75 bits per heavy atom. The first-order valence-electron chi connectivity index (χ1n) is 7.81. The van der Waals surface area contributed by atoms with Gasteiger partial charge >= 0.3 is 5.69 Å². The van der Waals surface area contributed by atoms with E-state index in [0.29, 0.717) is 11.5 Å². The van der Waals surface area contributed by atoms with Crippen molar-refractivity contribution in [1.29, 1.82) is 0 Å². The van der Waals surface area contributed by atoms with Crippen molar-refractivity contribution in [3.8, 4) is 11.3 Å². The number of nitrogens with one attached hydrogen (secondary N) is 1. The highest BCUT2D eigenvalue weighted by atomic mass is 16.2. The lowest BCUT2D eigenvalue weighted by atomic mass is 10.1. The molecule has 0 spiro atoms. The molecule has 3 aromatic rings. The second kappa shape index (κ2) is 6.27. The van der Waals surface area contributed by atoms with Crippen LogP contribution in [0.4, 0.5) is 5.82 Å². The molecule has 0 amide bonds. The lowest BCUT2D eigenvalue weighted by Gasteiger charge is -2.13. The van der Waals surface area contributed by atoms with Crippen molar-refractivity contribution in [3.05, 3.63) is 51.2 Å². The Morgan fingerprint density at radius 1 is 1.04 bits per heavy atom. The van der Waals surface area contributed by atoms with Crippen molar-refractivity contribution in [2.24, 2.45) is 14.1 Å². The Hall–Kier alpha value is -2.96. The van der Waals surface area contributed by atoms with Crippen LogP contribution in [0.1, 0.15) is 13.3 Å². The Balaban J connectivity index is 2.37. The normalized spacial score (nSPS) is 11.0. The summed E-state index contributed by atoms with van der Waals surface area (Å²) in [4.78, 5) is 33.6. The molecule has 0 aliphatic heterocycles. The average molecular weight is 325 g/mol. The van der Waals surface area contributed by atoms with Crippen LogP contribution in [0.2, 0.25) is 0 Å². The molecule has 24 heavy (non-hydrogen) atoms. The van der Waals surface area contributed by atoms with E-state index in [9.17, 15) is 9.59 Å². The van der Waals surface area contributed by atoms with E-state index in [1.807, 2.05) is 30.3 Å². The number of nitrogens with zero attached hydrogens (tertiary/aromatic N) is 4. The Morgan fingerprint density at radius 3 is 2.42 bits per heavy atom. The van der Waals surface area contributed by atoms with Crippen LogP contribution in [-0.2, 0) is 14.1 Å². The predicted octanol–water partition coefficient (Wildman–Crippen LogP) is 1.52. The van der Waals surface area contributed by atoms with Crippen LogP contribution in [0.15, 0.2) is 39.9 Å². The Kier molecular flexibility index (Phi) is 4.16. The van der Waals surface area contributed by atoms with Crippen molar-refractivity contribution in [2.75, 3.05) is 11.9 Å². The van der Waals surface area contributed by atoms with Crippen LogP contribution in [0.3, 0.4) is 0 Å². The van der Waals surface area contributed by atoms with Gasteiger partial charge in [-0.2, -0.15) is 0 Å². The summed E-state index contributed by atoms with van der Waals surface area (Å²) in [6.07, 6.45) is 0.920. The summed E-state index contributed by atoms with van der Waals surface area (Å²) in [5.41, 5.74) is 1.06. The van der Waals surface area contributed by atoms with E-state index in [1.165, 1.54) is 11.6 Å². The molecule has 3 rings (SSSR count).